The number of halogens is 1. The highest BCUT2D eigenvalue weighted by atomic mass is 19.1. The number of aromatic nitrogens is 3. The molecule has 0 N–H and O–H groups in total. The van der Waals surface area contributed by atoms with E-state index in [0.717, 1.165) is 47.1 Å². The lowest BCUT2D eigenvalue weighted by molar-refractivity contribution is 0.354. The zero-order valence-corrected chi connectivity index (χ0v) is 17.3. The molecule has 0 radical (unpaired) electrons. The number of piperidine rings is 1. The third-order valence-electron chi connectivity index (χ3n) is 5.81. The molecule has 2 aromatic carbocycles. The Morgan fingerprint density at radius 2 is 1.50 bits per heavy atom. The molecule has 0 spiro atoms. The summed E-state index contributed by atoms with van der Waals surface area (Å²) in [5.74, 6) is 2.07. The van der Waals surface area contributed by atoms with Crippen LogP contribution in [0, 0.1) is 17.7 Å². The van der Waals surface area contributed by atoms with Gasteiger partial charge in [0, 0.05) is 36.3 Å². The van der Waals surface area contributed by atoms with Crippen LogP contribution in [0.3, 0.4) is 0 Å². The number of fused-ring (bicyclic) bond motifs is 1. The van der Waals surface area contributed by atoms with E-state index in [9.17, 15) is 4.39 Å². The second-order valence-electron chi connectivity index (χ2n) is 8.52. The summed E-state index contributed by atoms with van der Waals surface area (Å²) >= 11 is 0. The van der Waals surface area contributed by atoms with Crippen LogP contribution in [0.5, 0.6) is 0 Å². The molecule has 4 aromatic rings. The Labute approximate surface area is 176 Å². The van der Waals surface area contributed by atoms with Crippen molar-refractivity contribution in [2.24, 2.45) is 11.8 Å². The van der Waals surface area contributed by atoms with E-state index in [1.807, 2.05) is 28.8 Å². The topological polar surface area (TPSA) is 33.4 Å². The number of rotatable bonds is 3. The summed E-state index contributed by atoms with van der Waals surface area (Å²) in [6.45, 7) is 6.63. The SMILES string of the molecule is C[C@@H]1C[C@H](C)CN(c2cc(-c3ccccc3)nc3cc(-c4ccc(F)cc4)nn23)C1. The van der Waals surface area contributed by atoms with Crippen LogP contribution in [0.15, 0.2) is 66.7 Å². The summed E-state index contributed by atoms with van der Waals surface area (Å²) in [6.07, 6.45) is 1.25. The zero-order valence-electron chi connectivity index (χ0n) is 17.3. The Kier molecular flexibility index (Phi) is 4.74. The summed E-state index contributed by atoms with van der Waals surface area (Å²) in [4.78, 5) is 7.33. The van der Waals surface area contributed by atoms with Crippen LogP contribution >= 0.6 is 0 Å². The molecule has 30 heavy (non-hydrogen) atoms. The summed E-state index contributed by atoms with van der Waals surface area (Å²) in [5, 5.41) is 4.86. The molecule has 5 heteroatoms. The molecular formula is C25H25FN4. The molecule has 1 fully saturated rings. The normalized spacial score (nSPS) is 19.4. The van der Waals surface area contributed by atoms with Crippen molar-refractivity contribution in [3.05, 3.63) is 72.5 Å². The first kappa shape index (κ1) is 18.8. The summed E-state index contributed by atoms with van der Waals surface area (Å²) in [7, 11) is 0. The molecule has 152 valence electrons. The first-order valence-corrected chi connectivity index (χ1v) is 10.5. The van der Waals surface area contributed by atoms with Gasteiger partial charge in [0.2, 0.25) is 0 Å². The largest absolute Gasteiger partial charge is 0.356 e. The van der Waals surface area contributed by atoms with Crippen molar-refractivity contribution in [1.82, 2.24) is 14.6 Å². The molecule has 2 aromatic heterocycles. The van der Waals surface area contributed by atoms with Crippen LogP contribution in [-0.2, 0) is 0 Å². The Balaban J connectivity index is 1.67. The zero-order chi connectivity index (χ0) is 20.7. The van der Waals surface area contributed by atoms with Crippen molar-refractivity contribution in [2.45, 2.75) is 20.3 Å². The highest BCUT2D eigenvalue weighted by molar-refractivity contribution is 5.71. The number of hydrogen-bond acceptors (Lipinski definition) is 3. The number of anilines is 1. The van der Waals surface area contributed by atoms with Crippen LogP contribution in [0.2, 0.25) is 0 Å². The van der Waals surface area contributed by atoms with E-state index in [0.29, 0.717) is 11.8 Å². The molecule has 1 aliphatic heterocycles. The fourth-order valence-electron chi connectivity index (χ4n) is 4.55. The molecule has 0 unspecified atom stereocenters. The monoisotopic (exact) mass is 400 g/mol. The van der Waals surface area contributed by atoms with E-state index in [1.165, 1.54) is 18.6 Å². The Bertz CT molecular complexity index is 1160. The molecule has 4 nitrogen and oxygen atoms in total. The molecule has 0 aliphatic carbocycles. The lowest BCUT2D eigenvalue weighted by Gasteiger charge is -2.36. The maximum atomic E-state index is 13.4. The first-order chi connectivity index (χ1) is 14.6. The van der Waals surface area contributed by atoms with Gasteiger partial charge in [-0.1, -0.05) is 44.2 Å². The average Bonchev–Trinajstić information content (AvgIpc) is 3.17. The highest BCUT2D eigenvalue weighted by Gasteiger charge is 2.25. The van der Waals surface area contributed by atoms with Gasteiger partial charge in [0.05, 0.1) is 11.4 Å². The molecule has 1 aliphatic rings. The van der Waals surface area contributed by atoms with Gasteiger partial charge in [-0.15, -0.1) is 0 Å². The molecule has 0 amide bonds. The second kappa shape index (κ2) is 7.56. The van der Waals surface area contributed by atoms with Gasteiger partial charge in [-0.2, -0.15) is 9.61 Å². The number of hydrogen-bond donors (Lipinski definition) is 0. The highest BCUT2D eigenvalue weighted by Crippen LogP contribution is 2.31. The van der Waals surface area contributed by atoms with Crippen molar-refractivity contribution < 1.29 is 4.39 Å². The third kappa shape index (κ3) is 3.56. The van der Waals surface area contributed by atoms with Crippen LogP contribution in [0.4, 0.5) is 10.2 Å². The van der Waals surface area contributed by atoms with Crippen molar-refractivity contribution in [2.75, 3.05) is 18.0 Å². The van der Waals surface area contributed by atoms with Crippen LogP contribution < -0.4 is 4.90 Å². The lowest BCUT2D eigenvalue weighted by atomic mass is 9.92. The van der Waals surface area contributed by atoms with Gasteiger partial charge in [0.1, 0.15) is 11.6 Å². The first-order valence-electron chi connectivity index (χ1n) is 10.5. The third-order valence-corrected chi connectivity index (χ3v) is 5.81. The van der Waals surface area contributed by atoms with Gasteiger partial charge < -0.3 is 4.90 Å². The van der Waals surface area contributed by atoms with E-state index >= 15 is 0 Å². The molecular weight excluding hydrogens is 375 g/mol. The fourth-order valence-corrected chi connectivity index (χ4v) is 4.55. The lowest BCUT2D eigenvalue weighted by Crippen LogP contribution is -2.39. The standard InChI is InChI=1S/C25H25FN4/c1-17-12-18(2)16-29(15-17)25-14-22(19-6-4-3-5-7-19)27-24-13-23(28-30(24)25)20-8-10-21(26)11-9-20/h3-11,13-14,17-18H,12,15-16H2,1-2H3/t17-,18+. The molecule has 5 rings (SSSR count). The quantitative estimate of drug-likeness (QED) is 0.443. The molecule has 0 saturated carbocycles. The van der Waals surface area contributed by atoms with Crippen molar-refractivity contribution >= 4 is 11.5 Å². The predicted molar refractivity (Wildman–Crippen MR) is 119 cm³/mol. The molecule has 0 bridgehead atoms. The Morgan fingerprint density at radius 3 is 2.20 bits per heavy atom. The van der Waals surface area contributed by atoms with E-state index < -0.39 is 0 Å². The van der Waals surface area contributed by atoms with Crippen molar-refractivity contribution in [3.8, 4) is 22.5 Å². The number of benzene rings is 2. The summed E-state index contributed by atoms with van der Waals surface area (Å²) < 4.78 is 15.3. The fraction of sp³-hybridized carbons (Fsp3) is 0.280. The van der Waals surface area contributed by atoms with Gasteiger partial charge in [-0.3, -0.25) is 0 Å². The number of nitrogens with zero attached hydrogens (tertiary/aromatic N) is 4. The van der Waals surface area contributed by atoms with E-state index in [4.69, 9.17) is 10.1 Å². The van der Waals surface area contributed by atoms with Crippen LogP contribution in [0.25, 0.3) is 28.2 Å². The average molecular weight is 401 g/mol. The van der Waals surface area contributed by atoms with Crippen LogP contribution in [-0.4, -0.2) is 27.7 Å². The van der Waals surface area contributed by atoms with Crippen LogP contribution in [0.1, 0.15) is 20.3 Å². The Morgan fingerprint density at radius 1 is 0.833 bits per heavy atom. The van der Waals surface area contributed by atoms with Crippen molar-refractivity contribution in [3.63, 3.8) is 0 Å². The maximum Gasteiger partial charge on any atom is 0.158 e. The minimum absolute atomic E-state index is 0.246. The smallest absolute Gasteiger partial charge is 0.158 e. The Hall–Kier alpha value is -3.21. The van der Waals surface area contributed by atoms with Gasteiger partial charge in [0.25, 0.3) is 0 Å². The van der Waals surface area contributed by atoms with Gasteiger partial charge in [0.15, 0.2) is 5.65 Å². The predicted octanol–water partition coefficient (Wildman–Crippen LogP) is 5.68. The molecule has 1 saturated heterocycles. The van der Waals surface area contributed by atoms with E-state index in [1.54, 1.807) is 12.1 Å². The van der Waals surface area contributed by atoms with E-state index in [2.05, 4.69) is 36.9 Å². The van der Waals surface area contributed by atoms with Gasteiger partial charge in [-0.25, -0.2) is 9.37 Å². The minimum atomic E-state index is -0.246. The summed E-state index contributed by atoms with van der Waals surface area (Å²) in [6, 6.07) is 20.9. The van der Waals surface area contributed by atoms with Gasteiger partial charge >= 0.3 is 0 Å². The molecule has 3 heterocycles. The summed E-state index contributed by atoms with van der Waals surface area (Å²) in [5.41, 5.74) is 4.51. The minimum Gasteiger partial charge on any atom is -0.356 e. The molecule has 2 atom stereocenters. The van der Waals surface area contributed by atoms with Gasteiger partial charge in [-0.05, 0) is 42.5 Å². The maximum absolute atomic E-state index is 13.4. The van der Waals surface area contributed by atoms with E-state index in [-0.39, 0.29) is 5.82 Å². The van der Waals surface area contributed by atoms with Crippen molar-refractivity contribution in [1.29, 1.82) is 0 Å². The second-order valence-corrected chi connectivity index (χ2v) is 8.52.